The minimum atomic E-state index is 0.721. The number of hydrogen-bond acceptors (Lipinski definition) is 4. The van der Waals surface area contributed by atoms with Gasteiger partial charge in [0, 0.05) is 38.1 Å². The van der Waals surface area contributed by atoms with E-state index < -0.39 is 0 Å². The zero-order chi connectivity index (χ0) is 12.8. The van der Waals surface area contributed by atoms with Crippen molar-refractivity contribution in [3.05, 3.63) is 36.3 Å². The molecule has 5 nitrogen and oxygen atoms in total. The molecule has 0 bridgehead atoms. The predicted molar refractivity (Wildman–Crippen MR) is 71.5 cm³/mol. The van der Waals surface area contributed by atoms with Gasteiger partial charge in [-0.15, -0.1) is 0 Å². The van der Waals surface area contributed by atoms with E-state index in [0.717, 1.165) is 43.3 Å². The van der Waals surface area contributed by atoms with E-state index in [-0.39, 0.29) is 0 Å². The van der Waals surface area contributed by atoms with Crippen molar-refractivity contribution in [1.29, 1.82) is 0 Å². The molecule has 96 valence electrons. The maximum absolute atomic E-state index is 4.51. The van der Waals surface area contributed by atoms with Gasteiger partial charge in [-0.05, 0) is 13.3 Å². The van der Waals surface area contributed by atoms with Gasteiger partial charge in [0.2, 0.25) is 0 Å². The van der Waals surface area contributed by atoms with Crippen LogP contribution < -0.4 is 5.32 Å². The van der Waals surface area contributed by atoms with Crippen molar-refractivity contribution in [2.75, 3.05) is 11.9 Å². The molecular weight excluding hydrogens is 226 g/mol. The highest BCUT2D eigenvalue weighted by molar-refractivity contribution is 5.31. The molecule has 0 saturated carbocycles. The minimum Gasteiger partial charge on any atom is -0.369 e. The first kappa shape index (κ1) is 12.5. The molecule has 2 aromatic rings. The molecule has 0 aliphatic rings. The first-order valence-electron chi connectivity index (χ1n) is 6.38. The van der Waals surface area contributed by atoms with Crippen LogP contribution in [-0.4, -0.2) is 26.1 Å². The van der Waals surface area contributed by atoms with Crippen molar-refractivity contribution in [3.63, 3.8) is 0 Å². The van der Waals surface area contributed by atoms with Gasteiger partial charge in [-0.2, -0.15) is 0 Å². The van der Waals surface area contributed by atoms with Crippen LogP contribution in [0.15, 0.2) is 24.8 Å². The van der Waals surface area contributed by atoms with Crippen LogP contribution in [-0.2, 0) is 13.0 Å². The van der Waals surface area contributed by atoms with Crippen LogP contribution in [0.4, 0.5) is 5.82 Å². The van der Waals surface area contributed by atoms with E-state index in [9.17, 15) is 0 Å². The molecule has 0 saturated heterocycles. The highest BCUT2D eigenvalue weighted by Crippen LogP contribution is 2.08. The molecule has 0 atom stereocenters. The van der Waals surface area contributed by atoms with Crippen molar-refractivity contribution in [2.45, 2.75) is 33.2 Å². The Labute approximate surface area is 107 Å². The van der Waals surface area contributed by atoms with Crippen LogP contribution in [0.5, 0.6) is 0 Å². The van der Waals surface area contributed by atoms with E-state index in [4.69, 9.17) is 0 Å². The molecule has 2 heterocycles. The van der Waals surface area contributed by atoms with Crippen LogP contribution in [0.25, 0.3) is 0 Å². The Kier molecular flexibility index (Phi) is 4.28. The summed E-state index contributed by atoms with van der Waals surface area (Å²) in [7, 11) is 0. The van der Waals surface area contributed by atoms with Gasteiger partial charge in [-0.3, -0.25) is 4.98 Å². The van der Waals surface area contributed by atoms with Gasteiger partial charge in [0.25, 0.3) is 0 Å². The highest BCUT2D eigenvalue weighted by atomic mass is 15.1. The summed E-state index contributed by atoms with van der Waals surface area (Å²) < 4.78 is 2.17. The molecule has 2 rings (SSSR count). The number of hydrogen-bond donors (Lipinski definition) is 1. The maximum Gasteiger partial charge on any atom is 0.144 e. The van der Waals surface area contributed by atoms with Crippen molar-refractivity contribution in [2.24, 2.45) is 0 Å². The average molecular weight is 245 g/mol. The first-order chi connectivity index (χ1) is 8.83. The lowest BCUT2D eigenvalue weighted by atomic mass is 10.3. The standard InChI is InChI=1S/C13H19N5/c1-3-6-18-7-5-16-13(18)8-11-9-14-10-12(17-11)15-4-2/h5,7,9-10H,3-4,6,8H2,1-2H3,(H,15,17). The SMILES string of the molecule is CCCn1ccnc1Cc1cncc(NCC)n1. The smallest absolute Gasteiger partial charge is 0.144 e. The number of rotatable bonds is 6. The number of aromatic nitrogens is 4. The molecule has 1 N–H and O–H groups in total. The molecule has 0 radical (unpaired) electrons. The molecule has 0 spiro atoms. The molecule has 0 unspecified atom stereocenters. The molecule has 0 fully saturated rings. The number of nitrogens with one attached hydrogen (secondary N) is 1. The third-order valence-corrected chi connectivity index (χ3v) is 2.65. The Bertz CT molecular complexity index is 492. The summed E-state index contributed by atoms with van der Waals surface area (Å²) in [6.07, 6.45) is 9.22. The number of imidazole rings is 1. The fourth-order valence-corrected chi connectivity index (χ4v) is 1.87. The summed E-state index contributed by atoms with van der Waals surface area (Å²) in [4.78, 5) is 13.1. The highest BCUT2D eigenvalue weighted by Gasteiger charge is 2.05. The van der Waals surface area contributed by atoms with E-state index >= 15 is 0 Å². The Morgan fingerprint density at radius 3 is 2.94 bits per heavy atom. The number of aryl methyl sites for hydroxylation is 1. The Morgan fingerprint density at radius 1 is 1.28 bits per heavy atom. The fraction of sp³-hybridized carbons (Fsp3) is 0.462. The van der Waals surface area contributed by atoms with Gasteiger partial charge in [0.05, 0.1) is 11.9 Å². The van der Waals surface area contributed by atoms with Crippen LogP contribution in [0.3, 0.4) is 0 Å². The van der Waals surface area contributed by atoms with E-state index in [1.807, 2.05) is 19.3 Å². The van der Waals surface area contributed by atoms with Gasteiger partial charge in [-0.1, -0.05) is 6.92 Å². The van der Waals surface area contributed by atoms with E-state index in [0.29, 0.717) is 0 Å². The Balaban J connectivity index is 2.12. The molecule has 0 aliphatic carbocycles. The lowest BCUT2D eigenvalue weighted by Crippen LogP contribution is -2.06. The van der Waals surface area contributed by atoms with Crippen molar-refractivity contribution in [1.82, 2.24) is 19.5 Å². The van der Waals surface area contributed by atoms with Crippen LogP contribution >= 0.6 is 0 Å². The third kappa shape index (κ3) is 3.06. The van der Waals surface area contributed by atoms with Gasteiger partial charge >= 0.3 is 0 Å². The molecular formula is C13H19N5. The van der Waals surface area contributed by atoms with Gasteiger partial charge < -0.3 is 9.88 Å². The summed E-state index contributed by atoms with van der Waals surface area (Å²) in [6.45, 7) is 6.05. The largest absolute Gasteiger partial charge is 0.369 e. The summed E-state index contributed by atoms with van der Waals surface area (Å²) >= 11 is 0. The summed E-state index contributed by atoms with van der Waals surface area (Å²) in [6, 6.07) is 0. The fourth-order valence-electron chi connectivity index (χ4n) is 1.87. The van der Waals surface area contributed by atoms with Crippen molar-refractivity contribution >= 4 is 5.82 Å². The van der Waals surface area contributed by atoms with E-state index in [2.05, 4.69) is 31.8 Å². The Hall–Kier alpha value is -1.91. The van der Waals surface area contributed by atoms with Gasteiger partial charge in [-0.25, -0.2) is 9.97 Å². The van der Waals surface area contributed by atoms with E-state index in [1.165, 1.54) is 0 Å². The zero-order valence-corrected chi connectivity index (χ0v) is 10.9. The Morgan fingerprint density at radius 2 is 2.17 bits per heavy atom. The predicted octanol–water partition coefficient (Wildman–Crippen LogP) is 2.11. The van der Waals surface area contributed by atoms with Crippen molar-refractivity contribution < 1.29 is 0 Å². The quantitative estimate of drug-likeness (QED) is 0.846. The van der Waals surface area contributed by atoms with Crippen molar-refractivity contribution in [3.8, 4) is 0 Å². The summed E-state index contributed by atoms with van der Waals surface area (Å²) in [5, 5.41) is 3.17. The second-order valence-corrected chi connectivity index (χ2v) is 4.14. The molecule has 0 amide bonds. The van der Waals surface area contributed by atoms with E-state index in [1.54, 1.807) is 12.4 Å². The number of anilines is 1. The first-order valence-corrected chi connectivity index (χ1v) is 6.38. The lowest BCUT2D eigenvalue weighted by Gasteiger charge is -2.07. The topological polar surface area (TPSA) is 55.6 Å². The lowest BCUT2D eigenvalue weighted by molar-refractivity contribution is 0.644. The zero-order valence-electron chi connectivity index (χ0n) is 10.9. The van der Waals surface area contributed by atoms with Crippen LogP contribution in [0.2, 0.25) is 0 Å². The average Bonchev–Trinajstić information content (AvgIpc) is 2.78. The molecule has 5 heteroatoms. The minimum absolute atomic E-state index is 0.721. The second-order valence-electron chi connectivity index (χ2n) is 4.14. The molecule has 0 aliphatic heterocycles. The van der Waals surface area contributed by atoms with Gasteiger partial charge in [0.15, 0.2) is 0 Å². The molecule has 18 heavy (non-hydrogen) atoms. The van der Waals surface area contributed by atoms with Gasteiger partial charge in [0.1, 0.15) is 11.6 Å². The monoisotopic (exact) mass is 245 g/mol. The number of nitrogens with zero attached hydrogens (tertiary/aromatic N) is 4. The molecule has 0 aromatic carbocycles. The van der Waals surface area contributed by atoms with Crippen LogP contribution in [0, 0.1) is 0 Å². The summed E-state index contributed by atoms with van der Waals surface area (Å²) in [5.41, 5.74) is 0.942. The normalized spacial score (nSPS) is 10.6. The van der Waals surface area contributed by atoms with Crippen LogP contribution in [0.1, 0.15) is 31.8 Å². The third-order valence-electron chi connectivity index (χ3n) is 2.65. The second kappa shape index (κ2) is 6.14. The molecule has 2 aromatic heterocycles. The maximum atomic E-state index is 4.51. The summed E-state index contributed by atoms with van der Waals surface area (Å²) in [5.74, 6) is 1.86.